The van der Waals surface area contributed by atoms with Crippen LogP contribution in [0.5, 0.6) is 0 Å². The predicted molar refractivity (Wildman–Crippen MR) is 73.7 cm³/mol. The summed E-state index contributed by atoms with van der Waals surface area (Å²) in [5, 5.41) is 22.9. The van der Waals surface area contributed by atoms with Crippen LogP contribution in [-0.4, -0.2) is 33.8 Å². The number of benzene rings is 1. The fraction of sp³-hybridized carbons (Fsp3) is 0.333. The van der Waals surface area contributed by atoms with Crippen molar-refractivity contribution in [1.29, 1.82) is 0 Å². The van der Waals surface area contributed by atoms with E-state index in [9.17, 15) is 15.0 Å². The molecule has 0 radical (unpaired) electrons. The van der Waals surface area contributed by atoms with E-state index in [0.717, 1.165) is 4.70 Å². The first-order valence-electron chi connectivity index (χ1n) is 5.74. The monoisotopic (exact) mass is 281 g/mol. The average Bonchev–Trinajstić information content (AvgIpc) is 2.74. The molecule has 0 saturated carbocycles. The number of thiazole rings is 1. The zero-order valence-corrected chi connectivity index (χ0v) is 11.1. The quantitative estimate of drug-likeness (QED) is 0.649. The lowest BCUT2D eigenvalue weighted by atomic mass is 10.0. The van der Waals surface area contributed by atoms with E-state index >= 15 is 0 Å². The number of hydrogen-bond donors (Lipinski definition) is 4. The lowest BCUT2D eigenvalue weighted by Crippen LogP contribution is -2.34. The topological polar surface area (TPSA) is 108 Å². The zero-order chi connectivity index (χ0) is 14.0. The number of aliphatic hydroxyl groups is 2. The fourth-order valence-corrected chi connectivity index (χ4v) is 2.56. The molecule has 0 aliphatic heterocycles. The van der Waals surface area contributed by atoms with Crippen LogP contribution in [0.1, 0.15) is 18.6 Å². The first-order chi connectivity index (χ1) is 8.99. The highest BCUT2D eigenvalue weighted by Crippen LogP contribution is 2.30. The van der Waals surface area contributed by atoms with Crippen molar-refractivity contribution in [2.45, 2.75) is 19.1 Å². The molecule has 1 heterocycles. The molecule has 5 N–H and O–H groups in total. The van der Waals surface area contributed by atoms with Gasteiger partial charge in [-0.25, -0.2) is 4.98 Å². The van der Waals surface area contributed by atoms with Gasteiger partial charge in [-0.05, 0) is 6.07 Å². The summed E-state index contributed by atoms with van der Waals surface area (Å²) in [6, 6.07) is 5.30. The number of nitrogens with one attached hydrogen (secondary N) is 1. The lowest BCUT2D eigenvalue weighted by Gasteiger charge is -2.18. The molecular formula is C12H15N3O3S. The number of fused-ring (bicyclic) bond motifs is 1. The second-order valence-corrected chi connectivity index (χ2v) is 5.26. The van der Waals surface area contributed by atoms with Gasteiger partial charge in [0.2, 0.25) is 5.91 Å². The van der Waals surface area contributed by atoms with Gasteiger partial charge in [0, 0.05) is 19.0 Å². The molecule has 6 nitrogen and oxygen atoms in total. The predicted octanol–water partition coefficient (Wildman–Crippen LogP) is 0.409. The number of rotatable bonds is 4. The Hall–Kier alpha value is -1.70. The number of hydrogen-bond acceptors (Lipinski definition) is 6. The van der Waals surface area contributed by atoms with Gasteiger partial charge in [-0.2, -0.15) is 0 Å². The third-order valence-corrected chi connectivity index (χ3v) is 3.56. The standard InChI is InChI=1S/C12H15N3O3S/c1-6(16)14-5-8(17)11(18)7-3-2-4-9-10(7)15-12(13)19-9/h2-4,8,11,17-18H,5H2,1H3,(H2,13,15)(H,14,16). The van der Waals surface area contributed by atoms with Gasteiger partial charge in [0.05, 0.1) is 10.2 Å². The Morgan fingerprint density at radius 1 is 1.53 bits per heavy atom. The Labute approximate surface area is 113 Å². The number of para-hydroxylation sites is 1. The number of anilines is 1. The summed E-state index contributed by atoms with van der Waals surface area (Å²) in [5.74, 6) is -0.262. The minimum atomic E-state index is -1.13. The van der Waals surface area contributed by atoms with Crippen molar-refractivity contribution in [2.75, 3.05) is 12.3 Å². The Kier molecular flexibility index (Phi) is 3.98. The van der Waals surface area contributed by atoms with Gasteiger partial charge < -0.3 is 21.3 Å². The molecule has 0 fully saturated rings. The molecule has 7 heteroatoms. The summed E-state index contributed by atoms with van der Waals surface area (Å²) in [6.07, 6.45) is -2.23. The summed E-state index contributed by atoms with van der Waals surface area (Å²) in [7, 11) is 0. The highest BCUT2D eigenvalue weighted by atomic mass is 32.1. The van der Waals surface area contributed by atoms with E-state index in [4.69, 9.17) is 5.73 Å². The molecule has 102 valence electrons. The second-order valence-electron chi connectivity index (χ2n) is 4.20. The highest BCUT2D eigenvalue weighted by Gasteiger charge is 2.22. The molecule has 19 heavy (non-hydrogen) atoms. The number of nitrogen functional groups attached to an aromatic ring is 1. The largest absolute Gasteiger partial charge is 0.388 e. The van der Waals surface area contributed by atoms with Crippen molar-refractivity contribution in [3.63, 3.8) is 0 Å². The van der Waals surface area contributed by atoms with Gasteiger partial charge in [-0.15, -0.1) is 0 Å². The molecule has 0 spiro atoms. The van der Waals surface area contributed by atoms with Crippen molar-refractivity contribution >= 4 is 32.6 Å². The summed E-state index contributed by atoms with van der Waals surface area (Å²) in [4.78, 5) is 14.9. The maximum atomic E-state index is 10.8. The van der Waals surface area contributed by atoms with E-state index in [1.54, 1.807) is 12.1 Å². The minimum Gasteiger partial charge on any atom is -0.388 e. The first kappa shape index (κ1) is 13.7. The summed E-state index contributed by atoms with van der Waals surface area (Å²) in [5.41, 5.74) is 6.73. The number of aliphatic hydroxyl groups excluding tert-OH is 2. The molecular weight excluding hydrogens is 266 g/mol. The highest BCUT2D eigenvalue weighted by molar-refractivity contribution is 7.22. The van der Waals surface area contributed by atoms with Gasteiger partial charge in [0.25, 0.3) is 0 Å². The van der Waals surface area contributed by atoms with E-state index in [0.29, 0.717) is 16.2 Å². The van der Waals surface area contributed by atoms with E-state index in [2.05, 4.69) is 10.3 Å². The molecule has 2 unspecified atom stereocenters. The van der Waals surface area contributed by atoms with E-state index in [1.807, 2.05) is 6.07 Å². The Morgan fingerprint density at radius 2 is 2.26 bits per heavy atom. The summed E-state index contributed by atoms with van der Waals surface area (Å²) < 4.78 is 0.848. The number of aromatic nitrogens is 1. The van der Waals surface area contributed by atoms with Crippen LogP contribution in [0.15, 0.2) is 18.2 Å². The van der Waals surface area contributed by atoms with Crippen LogP contribution in [0.25, 0.3) is 10.2 Å². The number of nitrogens with two attached hydrogens (primary N) is 1. The van der Waals surface area contributed by atoms with Gasteiger partial charge in [-0.3, -0.25) is 4.79 Å². The van der Waals surface area contributed by atoms with Crippen molar-refractivity contribution in [3.05, 3.63) is 23.8 Å². The van der Waals surface area contributed by atoms with Gasteiger partial charge >= 0.3 is 0 Å². The van der Waals surface area contributed by atoms with Crippen molar-refractivity contribution in [3.8, 4) is 0 Å². The van der Waals surface area contributed by atoms with Crippen LogP contribution < -0.4 is 11.1 Å². The molecule has 0 bridgehead atoms. The molecule has 1 amide bonds. The Morgan fingerprint density at radius 3 is 2.95 bits per heavy atom. The van der Waals surface area contributed by atoms with Crippen LogP contribution in [0.2, 0.25) is 0 Å². The summed E-state index contributed by atoms with van der Waals surface area (Å²) in [6.45, 7) is 1.33. The first-order valence-corrected chi connectivity index (χ1v) is 6.56. The van der Waals surface area contributed by atoms with Crippen LogP contribution in [-0.2, 0) is 4.79 Å². The van der Waals surface area contributed by atoms with Gasteiger partial charge in [0.1, 0.15) is 12.2 Å². The van der Waals surface area contributed by atoms with E-state index in [-0.39, 0.29) is 12.5 Å². The van der Waals surface area contributed by atoms with Gasteiger partial charge in [-0.1, -0.05) is 23.5 Å². The Bertz CT molecular complexity index is 599. The number of nitrogens with zero attached hydrogens (tertiary/aromatic N) is 1. The van der Waals surface area contributed by atoms with Crippen molar-refractivity contribution in [2.24, 2.45) is 0 Å². The number of carbonyl (C=O) groups excluding carboxylic acids is 1. The minimum absolute atomic E-state index is 0.0213. The molecule has 1 aromatic carbocycles. The fourth-order valence-electron chi connectivity index (χ4n) is 1.79. The molecule has 2 rings (SSSR count). The summed E-state index contributed by atoms with van der Waals surface area (Å²) >= 11 is 1.32. The smallest absolute Gasteiger partial charge is 0.216 e. The van der Waals surface area contributed by atoms with Crippen LogP contribution in [0.3, 0.4) is 0 Å². The third-order valence-electron chi connectivity index (χ3n) is 2.71. The molecule has 0 saturated heterocycles. The van der Waals surface area contributed by atoms with Crippen LogP contribution in [0.4, 0.5) is 5.13 Å². The van der Waals surface area contributed by atoms with Crippen LogP contribution >= 0.6 is 11.3 Å². The number of carbonyl (C=O) groups is 1. The second kappa shape index (κ2) is 5.52. The van der Waals surface area contributed by atoms with Crippen LogP contribution in [0, 0.1) is 0 Å². The molecule has 0 aliphatic carbocycles. The third kappa shape index (κ3) is 3.01. The Balaban J connectivity index is 2.25. The zero-order valence-electron chi connectivity index (χ0n) is 10.3. The molecule has 0 aliphatic rings. The van der Waals surface area contributed by atoms with Crippen molar-refractivity contribution < 1.29 is 15.0 Å². The molecule has 2 aromatic rings. The van der Waals surface area contributed by atoms with E-state index in [1.165, 1.54) is 18.3 Å². The molecule has 1 aromatic heterocycles. The maximum Gasteiger partial charge on any atom is 0.216 e. The van der Waals surface area contributed by atoms with Gasteiger partial charge in [0.15, 0.2) is 5.13 Å². The van der Waals surface area contributed by atoms with Crippen molar-refractivity contribution in [1.82, 2.24) is 10.3 Å². The average molecular weight is 281 g/mol. The molecule has 2 atom stereocenters. The lowest BCUT2D eigenvalue weighted by molar-refractivity contribution is -0.119. The SMILES string of the molecule is CC(=O)NCC(O)C(O)c1cccc2sc(N)nc12. The maximum absolute atomic E-state index is 10.8. The number of amides is 1. The van der Waals surface area contributed by atoms with E-state index < -0.39 is 12.2 Å². The normalized spacial score (nSPS) is 14.3.